The predicted octanol–water partition coefficient (Wildman–Crippen LogP) is 3.44. The summed E-state index contributed by atoms with van der Waals surface area (Å²) in [5.74, 6) is -0.939. The average molecular weight is 326 g/mol. The fourth-order valence-corrected chi connectivity index (χ4v) is 3.09. The summed E-state index contributed by atoms with van der Waals surface area (Å²) in [5.41, 5.74) is 1.95. The summed E-state index contributed by atoms with van der Waals surface area (Å²) < 4.78 is 13.3. The molecule has 0 fully saturated rings. The van der Waals surface area contributed by atoms with Crippen molar-refractivity contribution in [3.8, 4) is 0 Å². The molecule has 4 nitrogen and oxygen atoms in total. The van der Waals surface area contributed by atoms with E-state index in [1.54, 1.807) is 17.0 Å². The zero-order valence-electron chi connectivity index (χ0n) is 13.6. The van der Waals surface area contributed by atoms with E-state index in [2.05, 4.69) is 5.32 Å². The lowest BCUT2D eigenvalue weighted by Gasteiger charge is -2.29. The Morgan fingerprint density at radius 1 is 1.17 bits per heavy atom. The van der Waals surface area contributed by atoms with Gasteiger partial charge < -0.3 is 10.2 Å². The van der Waals surface area contributed by atoms with Crippen molar-refractivity contribution in [1.29, 1.82) is 0 Å². The van der Waals surface area contributed by atoms with Gasteiger partial charge in [0.25, 0.3) is 5.91 Å². The number of nitrogens with one attached hydrogen (secondary N) is 1. The minimum absolute atomic E-state index is 0.0724. The van der Waals surface area contributed by atoms with Gasteiger partial charge in [0.15, 0.2) is 0 Å². The highest BCUT2D eigenvalue weighted by molar-refractivity contribution is 6.03. The zero-order valence-corrected chi connectivity index (χ0v) is 13.6. The van der Waals surface area contributed by atoms with Crippen LogP contribution >= 0.6 is 0 Å². The van der Waals surface area contributed by atoms with E-state index in [0.29, 0.717) is 17.8 Å². The van der Waals surface area contributed by atoms with Crippen molar-refractivity contribution in [2.45, 2.75) is 26.4 Å². The maximum atomic E-state index is 13.3. The van der Waals surface area contributed by atoms with Gasteiger partial charge in [-0.05, 0) is 35.7 Å². The monoisotopic (exact) mass is 326 g/mol. The highest BCUT2D eigenvalue weighted by Gasteiger charge is 2.37. The zero-order chi connectivity index (χ0) is 17.3. The topological polar surface area (TPSA) is 49.4 Å². The van der Waals surface area contributed by atoms with Crippen molar-refractivity contribution < 1.29 is 14.0 Å². The summed E-state index contributed by atoms with van der Waals surface area (Å²) in [6.07, 6.45) is 0. The average Bonchev–Trinajstić information content (AvgIpc) is 2.84. The van der Waals surface area contributed by atoms with E-state index in [0.717, 1.165) is 5.56 Å². The van der Waals surface area contributed by atoms with Gasteiger partial charge in [-0.25, -0.2) is 4.39 Å². The Bertz CT molecular complexity index is 788. The molecule has 2 aromatic carbocycles. The highest BCUT2D eigenvalue weighted by atomic mass is 19.1. The highest BCUT2D eigenvalue weighted by Crippen LogP contribution is 2.27. The maximum Gasteiger partial charge on any atom is 0.255 e. The van der Waals surface area contributed by atoms with Crippen molar-refractivity contribution in [3.05, 3.63) is 65.5 Å². The quantitative estimate of drug-likeness (QED) is 0.935. The first-order chi connectivity index (χ1) is 11.5. The van der Waals surface area contributed by atoms with Gasteiger partial charge in [0, 0.05) is 17.8 Å². The molecule has 0 saturated heterocycles. The molecule has 0 saturated carbocycles. The van der Waals surface area contributed by atoms with E-state index < -0.39 is 11.9 Å². The number of hydrogen-bond acceptors (Lipinski definition) is 2. The number of benzene rings is 2. The number of amides is 2. The summed E-state index contributed by atoms with van der Waals surface area (Å²) in [4.78, 5) is 26.9. The number of carbonyl (C=O) groups excluding carboxylic acids is 2. The van der Waals surface area contributed by atoms with Gasteiger partial charge in [0.05, 0.1) is 0 Å². The predicted molar refractivity (Wildman–Crippen MR) is 90.0 cm³/mol. The Morgan fingerprint density at radius 3 is 2.58 bits per heavy atom. The van der Waals surface area contributed by atoms with Crippen LogP contribution in [0.25, 0.3) is 0 Å². The van der Waals surface area contributed by atoms with Crippen molar-refractivity contribution in [2.75, 3.05) is 5.32 Å². The minimum atomic E-state index is -0.617. The molecule has 0 radical (unpaired) electrons. The number of anilines is 1. The molecule has 0 spiro atoms. The maximum absolute atomic E-state index is 13.3. The number of carbonyl (C=O) groups is 2. The molecule has 124 valence electrons. The third-order valence-corrected chi connectivity index (χ3v) is 4.18. The van der Waals surface area contributed by atoms with Crippen LogP contribution in [0.1, 0.15) is 29.8 Å². The van der Waals surface area contributed by atoms with Gasteiger partial charge in [0.2, 0.25) is 5.91 Å². The molecule has 0 unspecified atom stereocenters. The summed E-state index contributed by atoms with van der Waals surface area (Å²) in [7, 11) is 0. The molecule has 2 aromatic rings. The third-order valence-electron chi connectivity index (χ3n) is 4.18. The number of hydrogen-bond donors (Lipinski definition) is 1. The van der Waals surface area contributed by atoms with E-state index in [9.17, 15) is 14.0 Å². The summed E-state index contributed by atoms with van der Waals surface area (Å²) in [6, 6.07) is 12.5. The van der Waals surface area contributed by atoms with Crippen LogP contribution in [0.5, 0.6) is 0 Å². The lowest BCUT2D eigenvalue weighted by Crippen LogP contribution is -2.47. The first-order valence-corrected chi connectivity index (χ1v) is 7.92. The van der Waals surface area contributed by atoms with Crippen LogP contribution in [0.15, 0.2) is 48.5 Å². The Morgan fingerprint density at radius 2 is 1.92 bits per heavy atom. The molecule has 1 heterocycles. The number of fused-ring (bicyclic) bond motifs is 1. The van der Waals surface area contributed by atoms with Crippen LogP contribution in [0, 0.1) is 11.7 Å². The largest absolute Gasteiger partial charge is 0.324 e. The first-order valence-electron chi connectivity index (χ1n) is 7.92. The molecule has 1 N–H and O–H groups in total. The Balaban J connectivity index is 1.83. The van der Waals surface area contributed by atoms with Gasteiger partial charge in [-0.15, -0.1) is 0 Å². The lowest BCUT2D eigenvalue weighted by atomic mass is 10.0. The van der Waals surface area contributed by atoms with Gasteiger partial charge >= 0.3 is 0 Å². The normalized spacial score (nSPS) is 14.7. The fourth-order valence-electron chi connectivity index (χ4n) is 3.09. The summed E-state index contributed by atoms with van der Waals surface area (Å²) >= 11 is 0. The van der Waals surface area contributed by atoms with Gasteiger partial charge in [-0.2, -0.15) is 0 Å². The second-order valence-electron chi connectivity index (χ2n) is 6.28. The van der Waals surface area contributed by atoms with Crippen LogP contribution in [-0.2, 0) is 11.3 Å². The lowest BCUT2D eigenvalue weighted by molar-refractivity contribution is -0.122. The SMILES string of the molecule is CC(C)[C@@H](C(=O)Nc1cccc(F)c1)N1Cc2ccccc2C1=O. The Labute approximate surface area is 140 Å². The van der Waals surface area contributed by atoms with Crippen LogP contribution in [-0.4, -0.2) is 22.8 Å². The molecule has 0 aromatic heterocycles. The molecule has 1 aliphatic heterocycles. The molecule has 24 heavy (non-hydrogen) atoms. The fraction of sp³-hybridized carbons (Fsp3) is 0.263. The number of rotatable bonds is 4. The van der Waals surface area contributed by atoms with Crippen molar-refractivity contribution in [1.82, 2.24) is 4.90 Å². The number of nitrogens with zero attached hydrogens (tertiary/aromatic N) is 1. The van der Waals surface area contributed by atoms with Crippen molar-refractivity contribution in [2.24, 2.45) is 5.92 Å². The molecule has 0 aliphatic carbocycles. The van der Waals surface area contributed by atoms with Crippen LogP contribution in [0.2, 0.25) is 0 Å². The van der Waals surface area contributed by atoms with Crippen LogP contribution in [0.4, 0.5) is 10.1 Å². The van der Waals surface area contributed by atoms with Crippen LogP contribution in [0.3, 0.4) is 0 Å². The molecule has 2 amide bonds. The Kier molecular flexibility index (Phi) is 4.34. The molecular weight excluding hydrogens is 307 g/mol. The smallest absolute Gasteiger partial charge is 0.255 e. The third kappa shape index (κ3) is 3.02. The van der Waals surface area contributed by atoms with Gasteiger partial charge in [-0.1, -0.05) is 38.1 Å². The van der Waals surface area contributed by atoms with Gasteiger partial charge in [-0.3, -0.25) is 9.59 Å². The second-order valence-corrected chi connectivity index (χ2v) is 6.28. The standard InChI is InChI=1S/C19H19FN2O2/c1-12(2)17(18(23)21-15-8-5-7-14(20)10-15)22-11-13-6-3-4-9-16(13)19(22)24/h3-10,12,17H,11H2,1-2H3,(H,21,23)/t17-/m0/s1. The van der Waals surface area contributed by atoms with Crippen LogP contribution < -0.4 is 5.32 Å². The molecule has 3 rings (SSSR count). The molecule has 1 aliphatic rings. The van der Waals surface area contributed by atoms with E-state index in [-0.39, 0.29) is 17.7 Å². The van der Waals surface area contributed by atoms with Crippen molar-refractivity contribution >= 4 is 17.5 Å². The van der Waals surface area contributed by atoms with Crippen molar-refractivity contribution in [3.63, 3.8) is 0 Å². The molecule has 0 bridgehead atoms. The van der Waals surface area contributed by atoms with E-state index in [4.69, 9.17) is 0 Å². The summed E-state index contributed by atoms with van der Waals surface area (Å²) in [5, 5.41) is 2.72. The van der Waals surface area contributed by atoms with Gasteiger partial charge in [0.1, 0.15) is 11.9 Å². The number of halogens is 1. The van der Waals surface area contributed by atoms with E-state index >= 15 is 0 Å². The second kappa shape index (κ2) is 6.43. The Hall–Kier alpha value is -2.69. The summed E-state index contributed by atoms with van der Waals surface area (Å²) in [6.45, 7) is 4.20. The molecule has 5 heteroatoms. The van der Waals surface area contributed by atoms with E-state index in [1.807, 2.05) is 32.0 Å². The molecular formula is C19H19FN2O2. The first kappa shape index (κ1) is 16.2. The minimum Gasteiger partial charge on any atom is -0.324 e. The molecule has 1 atom stereocenters. The van der Waals surface area contributed by atoms with E-state index in [1.165, 1.54) is 18.2 Å².